The number of carbonyl (C=O) groups excluding carboxylic acids is 1. The number of thiophene rings is 1. The highest BCUT2D eigenvalue weighted by Crippen LogP contribution is 2.21. The van der Waals surface area contributed by atoms with Gasteiger partial charge in [0.15, 0.2) is 0 Å². The van der Waals surface area contributed by atoms with Crippen LogP contribution in [0.3, 0.4) is 0 Å². The molecule has 1 amide bonds. The zero-order valence-corrected chi connectivity index (χ0v) is 13.4. The molecule has 4 nitrogen and oxygen atoms in total. The van der Waals surface area contributed by atoms with Crippen molar-refractivity contribution in [1.29, 1.82) is 0 Å². The monoisotopic (exact) mass is 302 g/mol. The first-order chi connectivity index (χ1) is 10.0. The van der Waals surface area contributed by atoms with Gasteiger partial charge in [0.2, 0.25) is 0 Å². The summed E-state index contributed by atoms with van der Waals surface area (Å²) in [6.07, 6.45) is 0. The van der Waals surface area contributed by atoms with E-state index in [4.69, 9.17) is 4.74 Å². The van der Waals surface area contributed by atoms with Crippen LogP contribution in [0.4, 0.5) is 0 Å². The second kappa shape index (κ2) is 6.54. The number of carbonyl (C=O) groups is 1. The molecular weight excluding hydrogens is 284 g/mol. The number of rotatable bonds is 4. The number of benzene rings is 1. The van der Waals surface area contributed by atoms with Crippen molar-refractivity contribution in [3.05, 3.63) is 51.2 Å². The number of nitrogens with zero attached hydrogens (tertiary/aromatic N) is 1. The summed E-state index contributed by atoms with van der Waals surface area (Å²) in [5.74, 6) is 0.484. The third-order valence-corrected chi connectivity index (χ3v) is 4.07. The fraction of sp³-hybridized carbons (Fsp3) is 0.250. The van der Waals surface area contributed by atoms with Crippen LogP contribution in [0.5, 0.6) is 5.75 Å². The highest BCUT2D eigenvalue weighted by atomic mass is 32.1. The number of hydrazone groups is 1. The first-order valence-corrected chi connectivity index (χ1v) is 7.39. The van der Waals surface area contributed by atoms with E-state index in [1.165, 1.54) is 9.75 Å². The van der Waals surface area contributed by atoms with Gasteiger partial charge in [0, 0.05) is 20.9 Å². The van der Waals surface area contributed by atoms with Crippen LogP contribution in [-0.4, -0.2) is 18.7 Å². The van der Waals surface area contributed by atoms with E-state index in [2.05, 4.69) is 30.4 Å². The molecule has 2 aromatic rings. The van der Waals surface area contributed by atoms with Gasteiger partial charge in [-0.15, -0.1) is 11.3 Å². The van der Waals surface area contributed by atoms with Gasteiger partial charge in [0.25, 0.3) is 5.91 Å². The molecule has 1 aromatic heterocycles. The molecule has 0 aliphatic carbocycles. The molecule has 110 valence electrons. The molecule has 0 radical (unpaired) electrons. The molecule has 0 atom stereocenters. The Hall–Kier alpha value is -2.14. The smallest absolute Gasteiger partial charge is 0.271 e. The fourth-order valence-corrected chi connectivity index (χ4v) is 2.97. The standard InChI is InChI=1S/C16H18N2O2S/c1-10-9-15(12(3)21-10)11(2)17-18-16(19)13-5-7-14(20-4)8-6-13/h5-9H,1-4H3,(H,18,19)/b17-11-. The lowest BCUT2D eigenvalue weighted by atomic mass is 10.2. The number of methoxy groups -OCH3 is 1. The Kier molecular flexibility index (Phi) is 4.75. The third-order valence-electron chi connectivity index (χ3n) is 3.11. The lowest BCUT2D eigenvalue weighted by Crippen LogP contribution is -2.19. The topological polar surface area (TPSA) is 50.7 Å². The number of hydrogen-bond acceptors (Lipinski definition) is 4. The zero-order valence-electron chi connectivity index (χ0n) is 12.6. The Morgan fingerprint density at radius 2 is 1.90 bits per heavy atom. The molecular formula is C16H18N2O2S. The van der Waals surface area contributed by atoms with Crippen LogP contribution in [0.1, 0.15) is 32.6 Å². The van der Waals surface area contributed by atoms with Crippen molar-refractivity contribution in [2.24, 2.45) is 5.10 Å². The van der Waals surface area contributed by atoms with E-state index < -0.39 is 0 Å². The van der Waals surface area contributed by atoms with E-state index in [-0.39, 0.29) is 5.91 Å². The second-order valence-corrected chi connectivity index (χ2v) is 6.15. The largest absolute Gasteiger partial charge is 0.497 e. The van der Waals surface area contributed by atoms with Gasteiger partial charge >= 0.3 is 0 Å². The number of hydrogen-bond donors (Lipinski definition) is 1. The summed E-state index contributed by atoms with van der Waals surface area (Å²) in [7, 11) is 1.59. The van der Waals surface area contributed by atoms with Crippen molar-refractivity contribution >= 4 is 23.0 Å². The van der Waals surface area contributed by atoms with Gasteiger partial charge in [-0.25, -0.2) is 5.43 Å². The summed E-state index contributed by atoms with van der Waals surface area (Å²) in [5.41, 5.74) is 5.01. The molecule has 0 spiro atoms. The summed E-state index contributed by atoms with van der Waals surface area (Å²) < 4.78 is 5.06. The van der Waals surface area contributed by atoms with Gasteiger partial charge in [-0.2, -0.15) is 5.10 Å². The van der Waals surface area contributed by atoms with E-state index in [1.807, 2.05) is 6.92 Å². The molecule has 0 bridgehead atoms. The minimum atomic E-state index is -0.235. The summed E-state index contributed by atoms with van der Waals surface area (Å²) >= 11 is 1.72. The van der Waals surface area contributed by atoms with Crippen molar-refractivity contribution < 1.29 is 9.53 Å². The Labute approximate surface area is 128 Å². The van der Waals surface area contributed by atoms with E-state index in [0.29, 0.717) is 5.56 Å². The molecule has 2 rings (SSSR count). The Bertz CT molecular complexity index is 672. The number of nitrogens with one attached hydrogen (secondary N) is 1. The minimum Gasteiger partial charge on any atom is -0.497 e. The molecule has 0 saturated heterocycles. The van der Waals surface area contributed by atoms with E-state index in [0.717, 1.165) is 17.0 Å². The molecule has 0 saturated carbocycles. The highest BCUT2D eigenvalue weighted by molar-refractivity contribution is 7.12. The van der Waals surface area contributed by atoms with E-state index in [1.54, 1.807) is 42.7 Å². The van der Waals surface area contributed by atoms with Crippen LogP contribution >= 0.6 is 11.3 Å². The Balaban J connectivity index is 2.08. The molecule has 0 aliphatic rings. The molecule has 0 aliphatic heterocycles. The lowest BCUT2D eigenvalue weighted by molar-refractivity contribution is 0.0955. The van der Waals surface area contributed by atoms with Crippen LogP contribution in [-0.2, 0) is 0 Å². The van der Waals surface area contributed by atoms with Gasteiger partial charge < -0.3 is 4.74 Å². The molecule has 1 aromatic carbocycles. The molecule has 0 unspecified atom stereocenters. The minimum absolute atomic E-state index is 0.235. The zero-order chi connectivity index (χ0) is 15.4. The summed E-state index contributed by atoms with van der Waals surface area (Å²) in [6, 6.07) is 8.99. The summed E-state index contributed by atoms with van der Waals surface area (Å²) in [4.78, 5) is 14.4. The van der Waals surface area contributed by atoms with Crippen molar-refractivity contribution in [3.8, 4) is 5.75 Å². The van der Waals surface area contributed by atoms with Crippen molar-refractivity contribution in [3.63, 3.8) is 0 Å². The second-order valence-electron chi connectivity index (χ2n) is 4.69. The predicted octanol–water partition coefficient (Wildman–Crippen LogP) is 3.53. The SMILES string of the molecule is COc1ccc(C(=O)N/N=C(/C)c2cc(C)sc2C)cc1. The molecule has 5 heteroatoms. The first kappa shape index (κ1) is 15.3. The molecule has 1 heterocycles. The average molecular weight is 302 g/mol. The van der Waals surface area contributed by atoms with Crippen LogP contribution in [0.15, 0.2) is 35.4 Å². The Morgan fingerprint density at radius 1 is 1.24 bits per heavy atom. The maximum Gasteiger partial charge on any atom is 0.271 e. The van der Waals surface area contributed by atoms with Crippen LogP contribution in [0, 0.1) is 13.8 Å². The van der Waals surface area contributed by atoms with Gasteiger partial charge in [0.05, 0.1) is 12.8 Å². The predicted molar refractivity (Wildman–Crippen MR) is 86.5 cm³/mol. The Morgan fingerprint density at radius 3 is 2.43 bits per heavy atom. The summed E-state index contributed by atoms with van der Waals surface area (Å²) in [5, 5.41) is 4.18. The fourth-order valence-electron chi connectivity index (χ4n) is 1.99. The van der Waals surface area contributed by atoms with Crippen molar-refractivity contribution in [2.75, 3.05) is 7.11 Å². The van der Waals surface area contributed by atoms with Crippen LogP contribution in [0.2, 0.25) is 0 Å². The number of amides is 1. The van der Waals surface area contributed by atoms with E-state index in [9.17, 15) is 4.79 Å². The van der Waals surface area contributed by atoms with Gasteiger partial charge in [-0.1, -0.05) is 0 Å². The van der Waals surface area contributed by atoms with Gasteiger partial charge in [-0.05, 0) is 51.1 Å². The molecule has 1 N–H and O–H groups in total. The molecule has 21 heavy (non-hydrogen) atoms. The maximum atomic E-state index is 12.0. The normalized spacial score (nSPS) is 11.3. The maximum absolute atomic E-state index is 12.0. The van der Waals surface area contributed by atoms with Gasteiger partial charge in [-0.3, -0.25) is 4.79 Å². The van der Waals surface area contributed by atoms with Crippen LogP contribution < -0.4 is 10.2 Å². The molecule has 0 fully saturated rings. The number of aryl methyl sites for hydroxylation is 2. The van der Waals surface area contributed by atoms with Crippen LogP contribution in [0.25, 0.3) is 0 Å². The average Bonchev–Trinajstić information content (AvgIpc) is 2.83. The lowest BCUT2D eigenvalue weighted by Gasteiger charge is -2.04. The van der Waals surface area contributed by atoms with Crippen molar-refractivity contribution in [2.45, 2.75) is 20.8 Å². The van der Waals surface area contributed by atoms with Crippen molar-refractivity contribution in [1.82, 2.24) is 5.43 Å². The quantitative estimate of drug-likeness (QED) is 0.694. The number of ether oxygens (including phenoxy) is 1. The first-order valence-electron chi connectivity index (χ1n) is 6.57. The highest BCUT2D eigenvalue weighted by Gasteiger charge is 2.08. The third kappa shape index (κ3) is 3.70. The summed E-state index contributed by atoms with van der Waals surface area (Å²) in [6.45, 7) is 6.00. The van der Waals surface area contributed by atoms with E-state index >= 15 is 0 Å². The van der Waals surface area contributed by atoms with Gasteiger partial charge in [0.1, 0.15) is 5.75 Å².